The smallest absolute Gasteiger partial charge is 0.410 e. The molecule has 14 heteroatoms. The van der Waals surface area contributed by atoms with Gasteiger partial charge in [-0.15, -0.1) is 11.3 Å². The van der Waals surface area contributed by atoms with Crippen LogP contribution in [0.25, 0.3) is 11.3 Å². The van der Waals surface area contributed by atoms with Crippen LogP contribution in [0.1, 0.15) is 28.2 Å². The molecule has 1 aromatic heterocycles. The highest BCUT2D eigenvalue weighted by atomic mass is 35.5. The van der Waals surface area contributed by atoms with E-state index in [0.29, 0.717) is 52.8 Å². The molecule has 1 fully saturated rings. The van der Waals surface area contributed by atoms with Gasteiger partial charge < -0.3 is 15.0 Å². The Morgan fingerprint density at radius 2 is 1.78 bits per heavy atom. The fourth-order valence-corrected chi connectivity index (χ4v) is 6.15. The van der Waals surface area contributed by atoms with Crippen LogP contribution in [0.5, 0.6) is 0 Å². The number of hydrogen-bond acceptors (Lipinski definition) is 7. The van der Waals surface area contributed by atoms with Gasteiger partial charge in [0.05, 0.1) is 10.7 Å². The number of rotatable bonds is 6. The molecule has 1 aliphatic rings. The van der Waals surface area contributed by atoms with Crippen LogP contribution in [0.2, 0.25) is 15.1 Å². The molecular weight excluding hydrogens is 583 g/mol. The van der Waals surface area contributed by atoms with Gasteiger partial charge in [-0.05, 0) is 48.7 Å². The molecule has 9 nitrogen and oxygen atoms in total. The van der Waals surface area contributed by atoms with E-state index in [0.717, 1.165) is 11.3 Å². The molecule has 0 aliphatic carbocycles. The maximum Gasteiger partial charge on any atom is 0.410 e. The van der Waals surface area contributed by atoms with E-state index in [2.05, 4.69) is 10.3 Å². The number of primary sulfonamides is 1. The van der Waals surface area contributed by atoms with Gasteiger partial charge in [0.25, 0.3) is 5.91 Å². The number of carbonyl (C=O) groups is 2. The molecule has 0 radical (unpaired) electrons. The second-order valence-corrected chi connectivity index (χ2v) is 12.0. The van der Waals surface area contributed by atoms with Gasteiger partial charge in [-0.3, -0.25) is 4.79 Å². The monoisotopic (exact) mass is 602 g/mol. The number of amides is 2. The van der Waals surface area contributed by atoms with Crippen LogP contribution in [0.3, 0.4) is 0 Å². The van der Waals surface area contributed by atoms with Crippen LogP contribution < -0.4 is 10.5 Å². The molecule has 196 valence electrons. The first-order chi connectivity index (χ1) is 17.5. The first-order valence-corrected chi connectivity index (χ1v) is 14.5. The number of halogens is 3. The maximum atomic E-state index is 12.7. The molecule has 2 aromatic carbocycles. The molecule has 3 N–H and O–H groups in total. The van der Waals surface area contributed by atoms with E-state index in [1.165, 1.54) is 12.1 Å². The van der Waals surface area contributed by atoms with E-state index in [9.17, 15) is 18.0 Å². The molecule has 0 spiro atoms. The molecule has 0 unspecified atom stereocenters. The van der Waals surface area contributed by atoms with Crippen LogP contribution in [0.15, 0.2) is 46.7 Å². The number of hydrogen-bond donors (Lipinski definition) is 2. The third-order valence-electron chi connectivity index (χ3n) is 5.60. The fourth-order valence-electron chi connectivity index (χ4n) is 3.78. The molecule has 0 saturated carbocycles. The normalized spacial score (nSPS) is 14.4. The number of ether oxygens (including phenoxy) is 1. The lowest BCUT2D eigenvalue weighted by atomic mass is 10.1. The second kappa shape index (κ2) is 11.5. The second-order valence-electron chi connectivity index (χ2n) is 8.30. The summed E-state index contributed by atoms with van der Waals surface area (Å²) >= 11 is 19.0. The third kappa shape index (κ3) is 7.13. The zero-order valence-electron chi connectivity index (χ0n) is 19.1. The number of nitrogens with zero attached hydrogens (tertiary/aromatic N) is 2. The minimum Gasteiger partial charge on any atom is -0.445 e. The molecule has 2 amide bonds. The standard InChI is InChI=1S/C23H21Cl3N4O5S2/c24-15-7-13(8-16(25)10-15)11-35-23(32)30-5-3-17(4-6-30)28-21(31)22-29-19(12-36-22)14-1-2-18(26)20(9-14)37(27,33)34/h1-2,7-10,12,17H,3-6,11H2,(H,28,31)(H2,27,33,34). The minimum atomic E-state index is -4.01. The lowest BCUT2D eigenvalue weighted by molar-refractivity contribution is 0.0809. The van der Waals surface area contributed by atoms with Crippen LogP contribution in [-0.4, -0.2) is 49.4 Å². The van der Waals surface area contributed by atoms with Crippen molar-refractivity contribution < 1.29 is 22.7 Å². The molecule has 37 heavy (non-hydrogen) atoms. The lowest BCUT2D eigenvalue weighted by Crippen LogP contribution is -2.46. The Labute approximate surface area is 232 Å². The first kappa shape index (κ1) is 27.6. The van der Waals surface area contributed by atoms with Crippen LogP contribution in [-0.2, 0) is 21.4 Å². The Morgan fingerprint density at radius 3 is 2.43 bits per heavy atom. The van der Waals surface area contributed by atoms with Crippen molar-refractivity contribution in [1.82, 2.24) is 15.2 Å². The molecule has 4 rings (SSSR count). The molecule has 1 aliphatic heterocycles. The molecule has 0 bridgehead atoms. The molecular formula is C23H21Cl3N4O5S2. The van der Waals surface area contributed by atoms with Crippen molar-refractivity contribution in [3.63, 3.8) is 0 Å². The van der Waals surface area contributed by atoms with Crippen LogP contribution in [0.4, 0.5) is 4.79 Å². The first-order valence-electron chi connectivity index (χ1n) is 11.0. The van der Waals surface area contributed by atoms with E-state index in [1.54, 1.807) is 34.5 Å². The molecule has 1 saturated heterocycles. The van der Waals surface area contributed by atoms with Crippen molar-refractivity contribution in [2.75, 3.05) is 13.1 Å². The van der Waals surface area contributed by atoms with E-state index < -0.39 is 16.1 Å². The largest absolute Gasteiger partial charge is 0.445 e. The van der Waals surface area contributed by atoms with Crippen molar-refractivity contribution in [3.05, 3.63) is 67.4 Å². The summed E-state index contributed by atoms with van der Waals surface area (Å²) < 4.78 is 28.8. The zero-order chi connectivity index (χ0) is 26.7. The highest BCUT2D eigenvalue weighted by Crippen LogP contribution is 2.29. The predicted molar refractivity (Wildman–Crippen MR) is 143 cm³/mol. The quantitative estimate of drug-likeness (QED) is 0.410. The Hall–Kier alpha value is -2.41. The Balaban J connectivity index is 1.29. The fraction of sp³-hybridized carbons (Fsp3) is 0.261. The molecule has 3 aromatic rings. The average Bonchev–Trinajstić information content (AvgIpc) is 3.32. The van der Waals surface area contributed by atoms with Gasteiger partial charge in [0.15, 0.2) is 5.01 Å². The highest BCUT2D eigenvalue weighted by molar-refractivity contribution is 7.89. The Morgan fingerprint density at radius 1 is 1.11 bits per heavy atom. The van der Waals surface area contributed by atoms with Gasteiger partial charge in [-0.25, -0.2) is 23.3 Å². The van der Waals surface area contributed by atoms with Gasteiger partial charge in [0, 0.05) is 40.1 Å². The summed E-state index contributed by atoms with van der Waals surface area (Å²) in [7, 11) is -4.01. The predicted octanol–water partition coefficient (Wildman–Crippen LogP) is 4.95. The van der Waals surface area contributed by atoms with Gasteiger partial charge in [0.1, 0.15) is 11.5 Å². The summed E-state index contributed by atoms with van der Waals surface area (Å²) in [6.45, 7) is 0.892. The number of likely N-dealkylation sites (tertiary alicyclic amines) is 1. The van der Waals surface area contributed by atoms with Gasteiger partial charge in [0.2, 0.25) is 10.0 Å². The topological polar surface area (TPSA) is 132 Å². The van der Waals surface area contributed by atoms with Crippen molar-refractivity contribution in [2.45, 2.75) is 30.4 Å². The number of nitrogens with two attached hydrogens (primary N) is 1. The minimum absolute atomic E-state index is 0.00327. The maximum absolute atomic E-state index is 12.7. The number of carbonyl (C=O) groups excluding carboxylic acids is 2. The Kier molecular flexibility index (Phi) is 8.62. The average molecular weight is 604 g/mol. The van der Waals surface area contributed by atoms with Crippen molar-refractivity contribution >= 4 is 68.2 Å². The summed E-state index contributed by atoms with van der Waals surface area (Å²) in [6.07, 6.45) is 0.653. The number of piperidine rings is 1. The van der Waals surface area contributed by atoms with E-state index in [-0.39, 0.29) is 33.5 Å². The van der Waals surface area contributed by atoms with Crippen molar-refractivity contribution in [3.8, 4) is 11.3 Å². The van der Waals surface area contributed by atoms with E-state index in [4.69, 9.17) is 44.7 Å². The highest BCUT2D eigenvalue weighted by Gasteiger charge is 2.26. The lowest BCUT2D eigenvalue weighted by Gasteiger charge is -2.31. The van der Waals surface area contributed by atoms with Crippen molar-refractivity contribution in [1.29, 1.82) is 0 Å². The van der Waals surface area contributed by atoms with E-state index in [1.807, 2.05) is 0 Å². The number of nitrogens with one attached hydrogen (secondary N) is 1. The molecule has 2 heterocycles. The van der Waals surface area contributed by atoms with Crippen LogP contribution in [0, 0.1) is 0 Å². The summed E-state index contributed by atoms with van der Waals surface area (Å²) in [5.41, 5.74) is 1.58. The molecule has 0 atom stereocenters. The SMILES string of the molecule is NS(=O)(=O)c1cc(-c2csc(C(=O)NC3CCN(C(=O)OCc4cc(Cl)cc(Cl)c4)CC3)n2)ccc1Cl. The summed E-state index contributed by atoms with van der Waals surface area (Å²) in [4.78, 5) is 30.9. The van der Waals surface area contributed by atoms with E-state index >= 15 is 0 Å². The summed E-state index contributed by atoms with van der Waals surface area (Å²) in [5.74, 6) is -0.351. The third-order valence-corrected chi connectivity index (χ3v) is 8.27. The number of aromatic nitrogens is 1. The van der Waals surface area contributed by atoms with Gasteiger partial charge in [-0.1, -0.05) is 40.9 Å². The Bertz CT molecular complexity index is 1420. The van der Waals surface area contributed by atoms with Gasteiger partial charge >= 0.3 is 6.09 Å². The zero-order valence-corrected chi connectivity index (χ0v) is 23.0. The number of thiazole rings is 1. The summed E-state index contributed by atoms with van der Waals surface area (Å²) in [5, 5.41) is 10.9. The number of sulfonamides is 1. The van der Waals surface area contributed by atoms with Gasteiger partial charge in [-0.2, -0.15) is 0 Å². The number of benzene rings is 2. The summed E-state index contributed by atoms with van der Waals surface area (Å²) in [6, 6.07) is 9.16. The van der Waals surface area contributed by atoms with Crippen molar-refractivity contribution in [2.24, 2.45) is 5.14 Å². The van der Waals surface area contributed by atoms with Crippen LogP contribution >= 0.6 is 46.1 Å².